The minimum atomic E-state index is -0.326. The lowest BCUT2D eigenvalue weighted by Crippen LogP contribution is -2.39. The highest BCUT2D eigenvalue weighted by molar-refractivity contribution is 8.00. The summed E-state index contributed by atoms with van der Waals surface area (Å²) in [5.41, 5.74) is 0.951. The molecule has 0 bridgehead atoms. The Bertz CT molecular complexity index is 655. The number of hydrogen-bond donors (Lipinski definition) is 5. The van der Waals surface area contributed by atoms with Crippen LogP contribution in [0, 0.1) is 0 Å². The van der Waals surface area contributed by atoms with Crippen LogP contribution in [0.25, 0.3) is 0 Å². The van der Waals surface area contributed by atoms with Gasteiger partial charge in [-0.05, 0) is 37.0 Å². The van der Waals surface area contributed by atoms with Gasteiger partial charge in [-0.2, -0.15) is 11.8 Å². The fraction of sp³-hybridized carbons (Fsp3) is 0.579. The molecule has 0 saturated carbocycles. The van der Waals surface area contributed by atoms with E-state index < -0.39 is 0 Å². The van der Waals surface area contributed by atoms with Gasteiger partial charge >= 0.3 is 6.03 Å². The summed E-state index contributed by atoms with van der Waals surface area (Å²) in [5.74, 6) is 1.09. The zero-order valence-corrected chi connectivity index (χ0v) is 16.0. The van der Waals surface area contributed by atoms with Crippen molar-refractivity contribution in [3.05, 3.63) is 29.8 Å². The van der Waals surface area contributed by atoms with Gasteiger partial charge in [0.05, 0.1) is 24.7 Å². The SMILES string of the molecule is O=C(CCCC[C@@H]1SC[C@@H]2NC(=O)N[C@@H]21)N[C@H](CO)Cc1ccc(O)cc1. The van der Waals surface area contributed by atoms with Crippen molar-refractivity contribution in [1.29, 1.82) is 0 Å². The average Bonchev–Trinajstić information content (AvgIpc) is 3.19. The maximum atomic E-state index is 12.1. The van der Waals surface area contributed by atoms with Crippen LogP contribution in [0.2, 0.25) is 0 Å². The summed E-state index contributed by atoms with van der Waals surface area (Å²) in [6, 6.07) is 6.81. The van der Waals surface area contributed by atoms with E-state index in [0.717, 1.165) is 30.6 Å². The van der Waals surface area contributed by atoms with Crippen molar-refractivity contribution in [2.45, 2.75) is 55.5 Å². The van der Waals surface area contributed by atoms with Gasteiger partial charge in [0.25, 0.3) is 0 Å². The van der Waals surface area contributed by atoms with Crippen LogP contribution in [0.3, 0.4) is 0 Å². The summed E-state index contributed by atoms with van der Waals surface area (Å²) in [4.78, 5) is 23.5. The third kappa shape index (κ3) is 5.52. The van der Waals surface area contributed by atoms with Crippen LogP contribution in [0.1, 0.15) is 31.2 Å². The van der Waals surface area contributed by atoms with E-state index >= 15 is 0 Å². The molecule has 4 atom stereocenters. The molecule has 148 valence electrons. The number of urea groups is 1. The number of aliphatic hydroxyl groups excluding tert-OH is 1. The number of amides is 3. The molecule has 5 N–H and O–H groups in total. The zero-order chi connectivity index (χ0) is 19.2. The minimum Gasteiger partial charge on any atom is -0.508 e. The van der Waals surface area contributed by atoms with Crippen molar-refractivity contribution in [3.8, 4) is 5.75 Å². The Labute approximate surface area is 163 Å². The number of thioether (sulfide) groups is 1. The molecule has 1 aromatic carbocycles. The Hall–Kier alpha value is -1.93. The molecule has 0 aromatic heterocycles. The first-order chi connectivity index (χ1) is 13.0. The van der Waals surface area contributed by atoms with Gasteiger partial charge in [0.15, 0.2) is 0 Å². The molecule has 0 unspecified atom stereocenters. The van der Waals surface area contributed by atoms with Gasteiger partial charge in [0.2, 0.25) is 5.91 Å². The Morgan fingerprint density at radius 3 is 2.78 bits per heavy atom. The van der Waals surface area contributed by atoms with E-state index in [1.165, 1.54) is 0 Å². The second kappa shape index (κ2) is 9.32. The van der Waals surface area contributed by atoms with Gasteiger partial charge < -0.3 is 26.2 Å². The molecule has 0 radical (unpaired) electrons. The number of aromatic hydroxyl groups is 1. The summed E-state index contributed by atoms with van der Waals surface area (Å²) >= 11 is 1.88. The van der Waals surface area contributed by atoms with Crippen molar-refractivity contribution < 1.29 is 19.8 Å². The smallest absolute Gasteiger partial charge is 0.315 e. The van der Waals surface area contributed by atoms with Gasteiger partial charge in [-0.1, -0.05) is 18.6 Å². The van der Waals surface area contributed by atoms with Crippen LogP contribution < -0.4 is 16.0 Å². The molecule has 2 saturated heterocycles. The number of nitrogens with one attached hydrogen (secondary N) is 3. The van der Waals surface area contributed by atoms with Gasteiger partial charge in [0, 0.05) is 17.4 Å². The van der Waals surface area contributed by atoms with E-state index in [9.17, 15) is 19.8 Å². The predicted molar refractivity (Wildman–Crippen MR) is 105 cm³/mol. The molecule has 8 heteroatoms. The Balaban J connectivity index is 1.34. The van der Waals surface area contributed by atoms with Crippen LogP contribution in [0.15, 0.2) is 24.3 Å². The highest BCUT2D eigenvalue weighted by atomic mass is 32.2. The lowest BCUT2D eigenvalue weighted by atomic mass is 10.0. The third-order valence-electron chi connectivity index (χ3n) is 5.08. The third-order valence-corrected chi connectivity index (χ3v) is 6.59. The lowest BCUT2D eigenvalue weighted by molar-refractivity contribution is -0.122. The fourth-order valence-electron chi connectivity index (χ4n) is 3.65. The second-order valence-corrected chi connectivity index (χ2v) is 8.46. The topological polar surface area (TPSA) is 111 Å². The van der Waals surface area contributed by atoms with Crippen molar-refractivity contribution in [2.24, 2.45) is 0 Å². The summed E-state index contributed by atoms with van der Waals surface area (Å²) < 4.78 is 0. The zero-order valence-electron chi connectivity index (χ0n) is 15.2. The fourth-order valence-corrected chi connectivity index (χ4v) is 5.20. The molecular formula is C19H27N3O4S. The molecule has 2 aliphatic rings. The molecule has 7 nitrogen and oxygen atoms in total. The molecule has 0 spiro atoms. The number of phenols is 1. The molecule has 2 fully saturated rings. The maximum Gasteiger partial charge on any atom is 0.315 e. The van der Waals surface area contributed by atoms with Crippen LogP contribution in [-0.4, -0.2) is 57.9 Å². The molecule has 2 aliphatic heterocycles. The molecule has 1 aromatic rings. The second-order valence-electron chi connectivity index (χ2n) is 7.19. The van der Waals surface area contributed by atoms with Crippen molar-refractivity contribution in [2.75, 3.05) is 12.4 Å². The van der Waals surface area contributed by atoms with Gasteiger partial charge in [-0.3, -0.25) is 4.79 Å². The van der Waals surface area contributed by atoms with Gasteiger partial charge in [-0.15, -0.1) is 0 Å². The molecule has 2 heterocycles. The number of fused-ring (bicyclic) bond motifs is 1. The number of rotatable bonds is 9. The highest BCUT2D eigenvalue weighted by Gasteiger charge is 2.42. The quantitative estimate of drug-likeness (QED) is 0.319. The summed E-state index contributed by atoms with van der Waals surface area (Å²) in [6.07, 6.45) is 3.67. The van der Waals surface area contributed by atoms with E-state index in [-0.39, 0.29) is 42.4 Å². The van der Waals surface area contributed by atoms with Gasteiger partial charge in [0.1, 0.15) is 5.75 Å². The molecule has 3 rings (SSSR count). The van der Waals surface area contributed by atoms with E-state index in [0.29, 0.717) is 18.1 Å². The first kappa shape index (κ1) is 19.8. The maximum absolute atomic E-state index is 12.1. The Morgan fingerprint density at radius 1 is 1.26 bits per heavy atom. The molecule has 0 aliphatic carbocycles. The van der Waals surface area contributed by atoms with E-state index in [2.05, 4.69) is 16.0 Å². The number of carbonyl (C=O) groups excluding carboxylic acids is 2. The Morgan fingerprint density at radius 2 is 2.04 bits per heavy atom. The summed E-state index contributed by atoms with van der Waals surface area (Å²) in [7, 11) is 0. The Kier molecular flexibility index (Phi) is 6.84. The standard InChI is InChI=1S/C19H27N3O4S/c23-10-13(9-12-5-7-14(24)8-6-12)20-17(25)4-2-1-3-16-18-15(11-27-16)21-19(26)22-18/h5-8,13,15-16,18,23-24H,1-4,9-11H2,(H,20,25)(H2,21,22,26)/t13-,15-,16-,18-/m0/s1. The average molecular weight is 394 g/mol. The first-order valence-corrected chi connectivity index (χ1v) is 10.5. The van der Waals surface area contributed by atoms with Crippen molar-refractivity contribution in [3.63, 3.8) is 0 Å². The normalized spacial score (nSPS) is 24.8. The van der Waals surface area contributed by atoms with E-state index in [1.54, 1.807) is 24.3 Å². The van der Waals surface area contributed by atoms with Crippen molar-refractivity contribution >= 4 is 23.7 Å². The number of aliphatic hydroxyl groups is 1. The van der Waals surface area contributed by atoms with Crippen LogP contribution >= 0.6 is 11.8 Å². The molecular weight excluding hydrogens is 366 g/mol. The monoisotopic (exact) mass is 393 g/mol. The lowest BCUT2D eigenvalue weighted by Gasteiger charge is -2.18. The minimum absolute atomic E-state index is 0.0550. The van der Waals surface area contributed by atoms with Crippen LogP contribution in [0.4, 0.5) is 4.79 Å². The van der Waals surface area contributed by atoms with Crippen LogP contribution in [-0.2, 0) is 11.2 Å². The first-order valence-electron chi connectivity index (χ1n) is 9.42. The van der Waals surface area contributed by atoms with Crippen LogP contribution in [0.5, 0.6) is 5.75 Å². The van der Waals surface area contributed by atoms with Crippen molar-refractivity contribution in [1.82, 2.24) is 16.0 Å². The molecule has 27 heavy (non-hydrogen) atoms. The summed E-state index contributed by atoms with van der Waals surface area (Å²) in [5, 5.41) is 28.0. The summed E-state index contributed by atoms with van der Waals surface area (Å²) in [6.45, 7) is -0.124. The number of phenolic OH excluding ortho intramolecular Hbond substituents is 1. The van der Waals surface area contributed by atoms with Gasteiger partial charge in [-0.25, -0.2) is 4.79 Å². The predicted octanol–water partition coefficient (Wildman–Crippen LogP) is 1.14. The number of carbonyl (C=O) groups is 2. The van der Waals surface area contributed by atoms with E-state index in [1.807, 2.05) is 11.8 Å². The van der Waals surface area contributed by atoms with E-state index in [4.69, 9.17) is 0 Å². The largest absolute Gasteiger partial charge is 0.508 e. The molecule has 3 amide bonds. The highest BCUT2D eigenvalue weighted by Crippen LogP contribution is 2.33. The number of unbranched alkanes of at least 4 members (excludes halogenated alkanes) is 1. The number of benzene rings is 1. The number of hydrogen-bond acceptors (Lipinski definition) is 5.